The van der Waals surface area contributed by atoms with Crippen LogP contribution in [0.3, 0.4) is 0 Å². The first-order valence-corrected chi connectivity index (χ1v) is 8.58. The van der Waals surface area contributed by atoms with Gasteiger partial charge in [-0.1, -0.05) is 11.6 Å². The monoisotopic (exact) mass is 325 g/mol. The fraction of sp³-hybridized carbons (Fsp3) is 0.286. The van der Waals surface area contributed by atoms with Crippen LogP contribution in [0.15, 0.2) is 41.4 Å². The van der Waals surface area contributed by atoms with Crippen molar-refractivity contribution in [1.29, 1.82) is 0 Å². The molecule has 1 heterocycles. The summed E-state index contributed by atoms with van der Waals surface area (Å²) in [7, 11) is -3.58. The van der Waals surface area contributed by atoms with E-state index in [1.165, 1.54) is 19.0 Å². The Bertz CT molecular complexity index is 721. The maximum absolute atomic E-state index is 12.3. The predicted octanol–water partition coefficient (Wildman–Crippen LogP) is 2.72. The Morgan fingerprint density at radius 2 is 1.95 bits per heavy atom. The lowest BCUT2D eigenvalue weighted by molar-refractivity contribution is 0.601. The van der Waals surface area contributed by atoms with E-state index in [0.717, 1.165) is 5.69 Å². The second-order valence-corrected chi connectivity index (χ2v) is 7.25. The number of sulfonamides is 1. The zero-order chi connectivity index (χ0) is 14.9. The quantitative estimate of drug-likeness (QED) is 0.764. The van der Waals surface area contributed by atoms with Crippen molar-refractivity contribution in [2.45, 2.75) is 30.3 Å². The Morgan fingerprint density at radius 3 is 2.62 bits per heavy atom. The lowest BCUT2D eigenvalue weighted by atomic mass is 10.3. The minimum Gasteiger partial charge on any atom is -0.363 e. The van der Waals surface area contributed by atoms with Gasteiger partial charge in [0.1, 0.15) is 4.90 Å². The van der Waals surface area contributed by atoms with Crippen molar-refractivity contribution in [1.82, 2.24) is 10.3 Å². The van der Waals surface area contributed by atoms with E-state index in [1.54, 1.807) is 30.3 Å². The van der Waals surface area contributed by atoms with Gasteiger partial charge in [0.25, 0.3) is 10.0 Å². The topological polar surface area (TPSA) is 74.0 Å². The molecule has 0 bridgehead atoms. The van der Waals surface area contributed by atoms with Crippen molar-refractivity contribution in [2.24, 2.45) is 0 Å². The fourth-order valence-electron chi connectivity index (χ4n) is 1.95. The Kier molecular flexibility index (Phi) is 3.93. The van der Waals surface area contributed by atoms with Crippen LogP contribution in [0.1, 0.15) is 18.5 Å². The summed E-state index contributed by atoms with van der Waals surface area (Å²) in [5.41, 5.74) is 1.34. The van der Waals surface area contributed by atoms with E-state index >= 15 is 0 Å². The molecule has 1 aromatic heterocycles. The van der Waals surface area contributed by atoms with Gasteiger partial charge in [-0.15, -0.1) is 0 Å². The molecule has 1 aliphatic carbocycles. The van der Waals surface area contributed by atoms with Crippen LogP contribution in [0.25, 0.3) is 0 Å². The Hall–Kier alpha value is -1.50. The smallest absolute Gasteiger partial charge is 0.263 e. The number of anilines is 1. The van der Waals surface area contributed by atoms with E-state index in [1.807, 2.05) is 0 Å². The molecule has 112 valence electrons. The lowest BCUT2D eigenvalue weighted by Crippen LogP contribution is -2.15. The molecule has 0 amide bonds. The van der Waals surface area contributed by atoms with Gasteiger partial charge in [0.15, 0.2) is 0 Å². The zero-order valence-corrected chi connectivity index (χ0v) is 12.8. The molecule has 7 heteroatoms. The molecule has 5 nitrogen and oxygen atoms in total. The summed E-state index contributed by atoms with van der Waals surface area (Å²) < 4.78 is 27.1. The van der Waals surface area contributed by atoms with Gasteiger partial charge in [0.05, 0.1) is 0 Å². The summed E-state index contributed by atoms with van der Waals surface area (Å²) in [6, 6.07) is 8.77. The fourth-order valence-corrected chi connectivity index (χ4v) is 3.15. The molecule has 3 rings (SSSR count). The van der Waals surface area contributed by atoms with Crippen LogP contribution in [0.4, 0.5) is 5.69 Å². The average Bonchev–Trinajstić information content (AvgIpc) is 3.15. The van der Waals surface area contributed by atoms with Crippen molar-refractivity contribution in [3.8, 4) is 0 Å². The van der Waals surface area contributed by atoms with E-state index in [9.17, 15) is 8.42 Å². The van der Waals surface area contributed by atoms with Gasteiger partial charge >= 0.3 is 0 Å². The third kappa shape index (κ3) is 3.78. The Morgan fingerprint density at radius 1 is 1.24 bits per heavy atom. The van der Waals surface area contributed by atoms with Gasteiger partial charge in [0.2, 0.25) is 0 Å². The number of rotatable bonds is 6. The van der Waals surface area contributed by atoms with E-state index in [2.05, 4.69) is 15.0 Å². The largest absolute Gasteiger partial charge is 0.363 e. The van der Waals surface area contributed by atoms with Crippen LogP contribution >= 0.6 is 11.6 Å². The summed E-state index contributed by atoms with van der Waals surface area (Å²) in [6.45, 7) is 0.654. The molecule has 0 aliphatic heterocycles. The third-order valence-electron chi connectivity index (χ3n) is 3.28. The van der Waals surface area contributed by atoms with Crippen LogP contribution in [0.5, 0.6) is 0 Å². The number of nitrogens with one attached hydrogen (secondary N) is 3. The summed E-state index contributed by atoms with van der Waals surface area (Å²) in [4.78, 5) is 3.21. The molecule has 0 radical (unpaired) electrons. The zero-order valence-electron chi connectivity index (χ0n) is 11.3. The van der Waals surface area contributed by atoms with Crippen molar-refractivity contribution in [3.63, 3.8) is 0 Å². The van der Waals surface area contributed by atoms with Crippen LogP contribution in [-0.2, 0) is 16.6 Å². The molecule has 2 aromatic rings. The molecule has 0 saturated heterocycles. The number of benzene rings is 1. The van der Waals surface area contributed by atoms with Crippen LogP contribution in [0, 0.1) is 0 Å². The minimum absolute atomic E-state index is 0.227. The molecule has 1 saturated carbocycles. The van der Waals surface area contributed by atoms with Gasteiger partial charge in [-0.2, -0.15) is 0 Å². The normalized spacial score (nSPS) is 15.1. The van der Waals surface area contributed by atoms with Crippen LogP contribution < -0.4 is 10.0 Å². The molecule has 3 N–H and O–H groups in total. The molecule has 0 unspecified atom stereocenters. The lowest BCUT2D eigenvalue weighted by Gasteiger charge is -2.06. The molecular formula is C14H16ClN3O2S. The highest BCUT2D eigenvalue weighted by molar-refractivity contribution is 7.92. The van der Waals surface area contributed by atoms with Gasteiger partial charge in [0, 0.05) is 35.2 Å². The summed E-state index contributed by atoms with van der Waals surface area (Å²) in [5.74, 6) is 0. The number of halogens is 1. The van der Waals surface area contributed by atoms with E-state index in [0.29, 0.717) is 23.3 Å². The predicted molar refractivity (Wildman–Crippen MR) is 82.9 cm³/mol. The van der Waals surface area contributed by atoms with Crippen molar-refractivity contribution in [3.05, 3.63) is 47.2 Å². The molecule has 0 atom stereocenters. The Balaban J connectivity index is 1.69. The highest BCUT2D eigenvalue weighted by atomic mass is 35.5. The summed E-state index contributed by atoms with van der Waals surface area (Å²) in [5, 5.41) is 3.90. The second kappa shape index (κ2) is 5.71. The first-order valence-electron chi connectivity index (χ1n) is 6.72. The standard InChI is InChI=1S/C14H16ClN3O2S/c15-10-1-3-12(4-2-10)18-21(19,20)14-7-13(17-9-14)8-16-11-5-6-11/h1-4,7,9,11,16-18H,5-6,8H2. The summed E-state index contributed by atoms with van der Waals surface area (Å²) in [6.07, 6.45) is 3.90. The van der Waals surface area contributed by atoms with Crippen LogP contribution in [-0.4, -0.2) is 19.4 Å². The second-order valence-electron chi connectivity index (χ2n) is 5.13. The molecule has 21 heavy (non-hydrogen) atoms. The minimum atomic E-state index is -3.58. The number of H-pyrrole nitrogens is 1. The highest BCUT2D eigenvalue weighted by Gasteiger charge is 2.21. The van der Waals surface area contributed by atoms with E-state index < -0.39 is 10.0 Å². The van der Waals surface area contributed by atoms with E-state index in [4.69, 9.17) is 11.6 Å². The maximum Gasteiger partial charge on any atom is 0.263 e. The van der Waals surface area contributed by atoms with Gasteiger partial charge in [-0.05, 0) is 43.2 Å². The maximum atomic E-state index is 12.3. The van der Waals surface area contributed by atoms with Crippen LogP contribution in [0.2, 0.25) is 5.02 Å². The van der Waals surface area contributed by atoms with Crippen molar-refractivity contribution < 1.29 is 8.42 Å². The molecule has 1 fully saturated rings. The number of hydrogen-bond acceptors (Lipinski definition) is 3. The van der Waals surface area contributed by atoms with Crippen molar-refractivity contribution in [2.75, 3.05) is 4.72 Å². The molecule has 0 spiro atoms. The Labute approximate surface area is 128 Å². The number of aromatic amines is 1. The molecular weight excluding hydrogens is 310 g/mol. The molecule has 1 aliphatic rings. The first-order chi connectivity index (χ1) is 10.0. The summed E-state index contributed by atoms with van der Waals surface area (Å²) >= 11 is 5.78. The number of aromatic nitrogens is 1. The van der Waals surface area contributed by atoms with Gasteiger partial charge < -0.3 is 10.3 Å². The number of hydrogen-bond donors (Lipinski definition) is 3. The first kappa shape index (κ1) is 14.4. The van der Waals surface area contributed by atoms with Crippen molar-refractivity contribution >= 4 is 27.3 Å². The van der Waals surface area contributed by atoms with E-state index in [-0.39, 0.29) is 4.90 Å². The highest BCUT2D eigenvalue weighted by Crippen LogP contribution is 2.21. The molecule has 1 aromatic carbocycles. The third-order valence-corrected chi connectivity index (χ3v) is 4.89. The average molecular weight is 326 g/mol. The van der Waals surface area contributed by atoms with Gasteiger partial charge in [-0.25, -0.2) is 8.42 Å². The SMILES string of the molecule is O=S(=O)(Nc1ccc(Cl)cc1)c1c[nH]c(CNC2CC2)c1. The van der Waals surface area contributed by atoms with Gasteiger partial charge in [-0.3, -0.25) is 4.72 Å².